The summed E-state index contributed by atoms with van der Waals surface area (Å²) >= 11 is 6.21. The number of phenols is 2. The first kappa shape index (κ1) is 52.1. The van der Waals surface area contributed by atoms with Gasteiger partial charge < -0.3 is 27.9 Å². The minimum absolute atomic E-state index is 0.315. The molecule has 14 heteroatoms. The second-order valence-corrected chi connectivity index (χ2v) is 26.0. The molecule has 0 amide bonds. The molecule has 6 aromatic heterocycles. The van der Waals surface area contributed by atoms with Crippen molar-refractivity contribution < 1.29 is 19.3 Å². The lowest BCUT2D eigenvalue weighted by Crippen LogP contribution is -2.12. The molecule has 4 aromatic carbocycles. The Balaban J connectivity index is 0.000000147. The fraction of sp³-hybridized carbons (Fsp3) is 0.250. The van der Waals surface area contributed by atoms with Crippen LogP contribution in [-0.2, 0) is 51.4 Å². The quantitative estimate of drug-likeness (QED) is 0.119. The van der Waals surface area contributed by atoms with Crippen LogP contribution in [-0.4, -0.2) is 36.2 Å². The van der Waals surface area contributed by atoms with Crippen LogP contribution in [0.4, 0.5) is 0 Å². The number of aromatic hydroxyl groups is 2. The third-order valence-electron chi connectivity index (χ3n) is 15.6. The van der Waals surface area contributed by atoms with E-state index < -0.39 is 24.5 Å². The molecule has 0 bridgehead atoms. The molecule has 14 rings (SSSR count). The van der Waals surface area contributed by atoms with Gasteiger partial charge in [-0.25, -0.2) is 0 Å². The highest BCUT2D eigenvalue weighted by atomic mass is 35.7. The number of aryl methyl sites for hydroxylation is 4. The number of nitrogens with zero attached hydrogens (tertiary/aromatic N) is 6. The zero-order valence-corrected chi connectivity index (χ0v) is 47.3. The summed E-state index contributed by atoms with van der Waals surface area (Å²) in [5.41, 5.74) is 15.2. The normalized spacial score (nSPS) is 14.6. The van der Waals surface area contributed by atoms with Gasteiger partial charge in [-0.3, -0.25) is 17.4 Å². The lowest BCUT2D eigenvalue weighted by atomic mass is 9.80. The minimum Gasteiger partial charge on any atom is -0.507 e. The van der Waals surface area contributed by atoms with Crippen molar-refractivity contribution in [3.63, 3.8) is 0 Å². The Bertz CT molecular complexity index is 3240. The summed E-state index contributed by atoms with van der Waals surface area (Å²) in [6.45, 7) is 0. The maximum absolute atomic E-state index is 10.5. The third kappa shape index (κ3) is 11.0. The summed E-state index contributed by atoms with van der Waals surface area (Å²) in [4.78, 5) is 0. The lowest BCUT2D eigenvalue weighted by Gasteiger charge is -2.30. The van der Waals surface area contributed by atoms with Crippen molar-refractivity contribution in [1.29, 1.82) is 0 Å². The van der Waals surface area contributed by atoms with E-state index in [9.17, 15) is 10.2 Å². The van der Waals surface area contributed by atoms with E-state index in [2.05, 4.69) is 152 Å². The molecule has 10 nitrogen and oxygen atoms in total. The van der Waals surface area contributed by atoms with E-state index in [-0.39, 0.29) is 0 Å². The summed E-state index contributed by atoms with van der Waals surface area (Å²) in [6, 6.07) is 41.3. The zero-order chi connectivity index (χ0) is 52.8. The molecular formula is C64H66ClN6O4P3. The standard InChI is InChI=1S/C36H36N4O2P2.C20H22O2.C8H8ClN2P/c1-3-15-31-29(13-1)17-19-33(41-43(37-21-5-6-22-37)38-23-7-8-24-38)35(31)36-32-16-4-2-14-30(32)18-20-34(36)42-44(39-25-9-10-26-39)40-27-11-12-28-40;21-17-11-9-13-5-1-3-7-15(13)19(17)20-16-8-4-2-6-14(16)10-12-18(20)22;9-12(10-5-1-2-6-10)11-7-3-4-8-11/h5-12,17-28H,1-4,13-16H2;9-12,21-22H,1-8H2;1-8H. The van der Waals surface area contributed by atoms with Crippen molar-refractivity contribution in [2.75, 3.05) is 0 Å². The molecule has 0 aliphatic heterocycles. The maximum atomic E-state index is 10.5. The van der Waals surface area contributed by atoms with Crippen molar-refractivity contribution in [3.05, 3.63) is 240 Å². The number of phenolic OH excluding ortho intramolecular Hbond substituents is 2. The van der Waals surface area contributed by atoms with Crippen LogP contribution in [0.25, 0.3) is 22.3 Å². The van der Waals surface area contributed by atoms with E-state index in [4.69, 9.17) is 20.3 Å². The van der Waals surface area contributed by atoms with E-state index in [1.807, 2.05) is 57.7 Å². The number of halogens is 1. The van der Waals surface area contributed by atoms with Crippen LogP contribution >= 0.6 is 35.7 Å². The van der Waals surface area contributed by atoms with Crippen molar-refractivity contribution in [1.82, 2.24) is 26.0 Å². The first-order chi connectivity index (χ1) is 38.5. The SMILES string of the molecule is ClP(n1cccc1)n1cccc1.Oc1ccc2c(c1-c1c(O)ccc3c1CCCC3)CCCC2.c1ccn(P(Oc2ccc3c(c2-c2c(OP(n4cccc4)n4cccc4)ccc4c2CCCC4)CCCC3)n2cccc2)c1. The summed E-state index contributed by atoms with van der Waals surface area (Å²) in [5, 5.41) is 21.1. The Labute approximate surface area is 466 Å². The number of rotatable bonds is 12. The molecule has 0 fully saturated rings. The molecule has 6 heterocycles. The smallest absolute Gasteiger partial charge is 0.317 e. The maximum Gasteiger partial charge on any atom is 0.317 e. The third-order valence-corrected chi connectivity index (χ3v) is 21.3. The Morgan fingerprint density at radius 3 is 0.846 bits per heavy atom. The Morgan fingerprint density at radius 1 is 0.308 bits per heavy atom. The summed E-state index contributed by atoms with van der Waals surface area (Å²) in [5.74, 6) is 2.51. The molecule has 0 radical (unpaired) electrons. The Hall–Kier alpha value is -6.66. The number of aromatic nitrogens is 6. The highest BCUT2D eigenvalue weighted by Gasteiger charge is 2.31. The van der Waals surface area contributed by atoms with Crippen LogP contribution in [0.5, 0.6) is 23.0 Å². The largest absolute Gasteiger partial charge is 0.507 e. The fourth-order valence-electron chi connectivity index (χ4n) is 11.9. The number of fused-ring (bicyclic) bond motifs is 4. The predicted octanol–water partition coefficient (Wildman–Crippen LogP) is 17.4. The van der Waals surface area contributed by atoms with E-state index in [1.54, 1.807) is 12.1 Å². The van der Waals surface area contributed by atoms with Crippen LogP contribution in [0.15, 0.2) is 196 Å². The van der Waals surface area contributed by atoms with Gasteiger partial charge in [0.05, 0.1) is 0 Å². The molecule has 0 unspecified atom stereocenters. The molecule has 0 atom stereocenters. The van der Waals surface area contributed by atoms with Crippen molar-refractivity contribution in [3.8, 4) is 45.3 Å². The Kier molecular flexibility index (Phi) is 16.1. The summed E-state index contributed by atoms with van der Waals surface area (Å²) in [6.07, 6.45) is 42.8. The molecule has 0 spiro atoms. The van der Waals surface area contributed by atoms with Gasteiger partial charge in [0.25, 0.3) is 0 Å². The van der Waals surface area contributed by atoms with Gasteiger partial charge in [-0.15, -0.1) is 0 Å². The molecule has 4 aliphatic rings. The summed E-state index contributed by atoms with van der Waals surface area (Å²) < 4.78 is 27.1. The van der Waals surface area contributed by atoms with Crippen molar-refractivity contribution in [2.45, 2.75) is 103 Å². The number of benzene rings is 4. The second-order valence-electron chi connectivity index (χ2n) is 20.5. The molecule has 4 aliphatic carbocycles. The number of hydrogen-bond acceptors (Lipinski definition) is 4. The zero-order valence-electron chi connectivity index (χ0n) is 43.9. The average Bonchev–Trinajstić information content (AvgIpc) is 4.41. The van der Waals surface area contributed by atoms with E-state index in [1.165, 1.54) is 107 Å². The van der Waals surface area contributed by atoms with Crippen LogP contribution in [0, 0.1) is 0 Å². The molecule has 2 N–H and O–H groups in total. The van der Waals surface area contributed by atoms with Gasteiger partial charge in [0, 0.05) is 96.6 Å². The van der Waals surface area contributed by atoms with Gasteiger partial charge in [0.1, 0.15) is 23.0 Å². The highest BCUT2D eigenvalue weighted by molar-refractivity contribution is 7.81. The summed E-state index contributed by atoms with van der Waals surface area (Å²) in [7, 11) is -3.15. The van der Waals surface area contributed by atoms with Crippen molar-refractivity contribution in [2.24, 2.45) is 0 Å². The molecule has 0 saturated heterocycles. The van der Waals surface area contributed by atoms with Gasteiger partial charge in [0.15, 0.2) is 0 Å². The topological polar surface area (TPSA) is 88.5 Å². The first-order valence-corrected chi connectivity index (χ1v) is 32.1. The van der Waals surface area contributed by atoms with Crippen LogP contribution < -0.4 is 9.05 Å². The molecular weight excluding hydrogens is 1050 g/mol. The van der Waals surface area contributed by atoms with E-state index >= 15 is 0 Å². The monoisotopic (exact) mass is 1110 g/mol. The minimum atomic E-state index is -1.18. The van der Waals surface area contributed by atoms with Gasteiger partial charge in [-0.1, -0.05) is 24.3 Å². The van der Waals surface area contributed by atoms with Gasteiger partial charge in [-0.2, -0.15) is 0 Å². The Morgan fingerprint density at radius 2 is 0.551 bits per heavy atom. The van der Waals surface area contributed by atoms with Gasteiger partial charge in [0.2, 0.25) is 7.58 Å². The van der Waals surface area contributed by atoms with Gasteiger partial charge >= 0.3 is 16.9 Å². The number of hydrogen-bond donors (Lipinski definition) is 2. The lowest BCUT2D eigenvalue weighted by molar-refractivity contribution is 0.466. The average molecular weight is 1110 g/mol. The first-order valence-electron chi connectivity index (χ1n) is 27.7. The predicted molar refractivity (Wildman–Crippen MR) is 321 cm³/mol. The van der Waals surface area contributed by atoms with Crippen LogP contribution in [0.3, 0.4) is 0 Å². The van der Waals surface area contributed by atoms with Crippen LogP contribution in [0.1, 0.15) is 95.9 Å². The second kappa shape index (κ2) is 24.1. The van der Waals surface area contributed by atoms with Crippen LogP contribution in [0.2, 0.25) is 0 Å². The van der Waals surface area contributed by atoms with E-state index in [0.29, 0.717) is 11.5 Å². The molecule has 78 heavy (non-hydrogen) atoms. The van der Waals surface area contributed by atoms with Gasteiger partial charge in [-0.05, 0) is 256 Å². The van der Waals surface area contributed by atoms with E-state index in [0.717, 1.165) is 74.0 Å². The highest BCUT2D eigenvalue weighted by Crippen LogP contribution is 2.54. The molecule has 0 saturated carbocycles. The fourth-order valence-corrected chi connectivity index (χ4v) is 16.5. The van der Waals surface area contributed by atoms with Crippen molar-refractivity contribution >= 4 is 35.7 Å². The molecule has 398 valence electrons. The molecule has 10 aromatic rings.